The molecule has 6 heteroatoms. The Morgan fingerprint density at radius 3 is 2.29 bits per heavy atom. The molecule has 1 saturated heterocycles. The second-order valence-corrected chi connectivity index (χ2v) is 7.60. The van der Waals surface area contributed by atoms with Crippen LogP contribution in [-0.2, 0) is 15.9 Å². The Morgan fingerprint density at radius 1 is 1.08 bits per heavy atom. The van der Waals surface area contributed by atoms with Crippen molar-refractivity contribution in [2.45, 2.75) is 51.9 Å². The minimum absolute atomic E-state index is 0.291. The smallest absolute Gasteiger partial charge is 0.400 e. The summed E-state index contributed by atoms with van der Waals surface area (Å²) in [6.07, 6.45) is 2.98. The van der Waals surface area contributed by atoms with E-state index in [-0.39, 0.29) is 18.3 Å². The summed E-state index contributed by atoms with van der Waals surface area (Å²) in [5, 5.41) is 0. The molecule has 2 aliphatic heterocycles. The molecule has 0 amide bonds. The minimum atomic E-state index is -0.805. The van der Waals surface area contributed by atoms with E-state index in [1.165, 1.54) is 12.1 Å². The Bertz CT molecular complexity index is 644. The van der Waals surface area contributed by atoms with Crippen molar-refractivity contribution >= 4 is 7.12 Å². The fraction of sp³-hybridized carbons (Fsp3) is 0.556. The van der Waals surface area contributed by atoms with Crippen molar-refractivity contribution in [2.24, 2.45) is 0 Å². The standard InChI is InChI=1S/C18H24BF2NO2/c1-17(2)18(3,4)24-19(23-17)14-7-9-22(10-8-14)12-13-5-6-15(20)16(21)11-13/h5-7,11H,8-10,12H2,1-4H3. The molecule has 0 atom stereocenters. The summed E-state index contributed by atoms with van der Waals surface area (Å²) in [5.74, 6) is -1.60. The fourth-order valence-electron chi connectivity index (χ4n) is 2.98. The Morgan fingerprint density at radius 2 is 1.75 bits per heavy atom. The summed E-state index contributed by atoms with van der Waals surface area (Å²) in [5.41, 5.74) is 1.28. The maximum Gasteiger partial charge on any atom is 0.490 e. The first-order chi connectivity index (χ1) is 11.2. The van der Waals surface area contributed by atoms with Gasteiger partial charge in [-0.2, -0.15) is 0 Å². The highest BCUT2D eigenvalue weighted by Crippen LogP contribution is 2.39. The maximum atomic E-state index is 13.3. The van der Waals surface area contributed by atoms with Gasteiger partial charge in [0.05, 0.1) is 11.2 Å². The van der Waals surface area contributed by atoms with Crippen LogP contribution in [0.4, 0.5) is 8.78 Å². The molecule has 3 nitrogen and oxygen atoms in total. The summed E-state index contributed by atoms with van der Waals surface area (Å²) in [4.78, 5) is 2.20. The highest BCUT2D eigenvalue weighted by molar-refractivity contribution is 6.54. The molecule has 3 rings (SSSR count). The number of hydrogen-bond acceptors (Lipinski definition) is 3. The van der Waals surface area contributed by atoms with Gasteiger partial charge in [0.1, 0.15) is 0 Å². The van der Waals surface area contributed by atoms with E-state index in [4.69, 9.17) is 9.31 Å². The van der Waals surface area contributed by atoms with Crippen LogP contribution in [0.15, 0.2) is 29.7 Å². The van der Waals surface area contributed by atoms with Gasteiger partial charge in [0.25, 0.3) is 0 Å². The second kappa shape index (κ2) is 6.25. The van der Waals surface area contributed by atoms with Gasteiger partial charge in [-0.05, 0) is 57.3 Å². The Kier molecular flexibility index (Phi) is 4.58. The van der Waals surface area contributed by atoms with Crippen molar-refractivity contribution < 1.29 is 18.1 Å². The molecule has 0 aliphatic carbocycles. The molecule has 0 radical (unpaired) electrons. The fourth-order valence-corrected chi connectivity index (χ4v) is 2.98. The van der Waals surface area contributed by atoms with E-state index in [9.17, 15) is 8.78 Å². The largest absolute Gasteiger partial charge is 0.490 e. The van der Waals surface area contributed by atoms with Crippen molar-refractivity contribution in [3.05, 3.63) is 46.9 Å². The minimum Gasteiger partial charge on any atom is -0.400 e. The average Bonchev–Trinajstić information content (AvgIpc) is 2.72. The number of nitrogens with zero attached hydrogens (tertiary/aromatic N) is 1. The molecule has 130 valence electrons. The highest BCUT2D eigenvalue weighted by Gasteiger charge is 2.52. The van der Waals surface area contributed by atoms with Gasteiger partial charge in [0.2, 0.25) is 0 Å². The van der Waals surface area contributed by atoms with Crippen molar-refractivity contribution in [3.63, 3.8) is 0 Å². The third-order valence-corrected chi connectivity index (χ3v) is 5.27. The van der Waals surface area contributed by atoms with Crippen molar-refractivity contribution in [3.8, 4) is 0 Å². The first-order valence-electron chi connectivity index (χ1n) is 8.39. The van der Waals surface area contributed by atoms with Crippen LogP contribution in [0.1, 0.15) is 39.7 Å². The molecule has 0 aromatic heterocycles. The zero-order valence-corrected chi connectivity index (χ0v) is 14.7. The number of hydrogen-bond donors (Lipinski definition) is 0. The summed E-state index contributed by atoms with van der Waals surface area (Å²) in [7, 11) is -0.291. The molecule has 0 N–H and O–H groups in total. The Hall–Kier alpha value is -1.24. The number of halogens is 2. The molecule has 0 spiro atoms. The second-order valence-electron chi connectivity index (χ2n) is 7.60. The van der Waals surface area contributed by atoms with Gasteiger partial charge in [-0.3, -0.25) is 4.90 Å². The molecule has 2 heterocycles. The molecule has 24 heavy (non-hydrogen) atoms. The molecule has 1 fully saturated rings. The van der Waals surface area contributed by atoms with Crippen LogP contribution < -0.4 is 0 Å². The summed E-state index contributed by atoms with van der Waals surface area (Å²) in [6, 6.07) is 4.08. The molecular weight excluding hydrogens is 311 g/mol. The molecular formula is C18H24BF2NO2. The Balaban J connectivity index is 1.61. The highest BCUT2D eigenvalue weighted by atomic mass is 19.2. The number of benzene rings is 1. The van der Waals surface area contributed by atoms with Crippen LogP contribution in [0.3, 0.4) is 0 Å². The van der Waals surface area contributed by atoms with Gasteiger partial charge in [-0.1, -0.05) is 12.1 Å². The van der Waals surface area contributed by atoms with Crippen LogP contribution in [0.2, 0.25) is 0 Å². The van der Waals surface area contributed by atoms with Gasteiger partial charge in [0, 0.05) is 19.6 Å². The van der Waals surface area contributed by atoms with E-state index in [0.717, 1.165) is 30.5 Å². The van der Waals surface area contributed by atoms with E-state index >= 15 is 0 Å². The van der Waals surface area contributed by atoms with Crippen molar-refractivity contribution in [1.29, 1.82) is 0 Å². The van der Waals surface area contributed by atoms with Crippen molar-refractivity contribution in [1.82, 2.24) is 4.90 Å². The predicted octanol–water partition coefficient (Wildman–Crippen LogP) is 3.73. The molecule has 0 bridgehead atoms. The van der Waals surface area contributed by atoms with Gasteiger partial charge in [-0.15, -0.1) is 0 Å². The first-order valence-corrected chi connectivity index (χ1v) is 8.39. The van der Waals surface area contributed by atoms with Gasteiger partial charge < -0.3 is 9.31 Å². The van der Waals surface area contributed by atoms with Gasteiger partial charge >= 0.3 is 7.12 Å². The van der Waals surface area contributed by atoms with Crippen molar-refractivity contribution in [2.75, 3.05) is 13.1 Å². The van der Waals surface area contributed by atoms with Crippen LogP contribution in [0, 0.1) is 11.6 Å². The van der Waals surface area contributed by atoms with E-state index in [1.54, 1.807) is 6.07 Å². The van der Waals surface area contributed by atoms with E-state index in [2.05, 4.69) is 11.0 Å². The molecule has 0 saturated carbocycles. The zero-order valence-electron chi connectivity index (χ0n) is 14.7. The van der Waals surface area contributed by atoms with Crippen LogP contribution >= 0.6 is 0 Å². The molecule has 1 aromatic rings. The third-order valence-electron chi connectivity index (χ3n) is 5.27. The van der Waals surface area contributed by atoms with E-state index in [1.807, 2.05) is 27.7 Å². The van der Waals surface area contributed by atoms with Gasteiger partial charge in [-0.25, -0.2) is 8.78 Å². The summed E-state index contributed by atoms with van der Waals surface area (Å²) in [6.45, 7) is 10.4. The Labute approximate surface area is 142 Å². The normalized spacial score (nSPS) is 23.4. The molecule has 1 aromatic carbocycles. The third kappa shape index (κ3) is 3.41. The van der Waals surface area contributed by atoms with E-state index < -0.39 is 11.6 Å². The van der Waals surface area contributed by atoms with Crippen LogP contribution in [0.25, 0.3) is 0 Å². The summed E-state index contributed by atoms with van der Waals surface area (Å²) >= 11 is 0. The van der Waals surface area contributed by atoms with Crippen LogP contribution in [0.5, 0.6) is 0 Å². The quantitative estimate of drug-likeness (QED) is 0.786. The lowest BCUT2D eigenvalue weighted by Gasteiger charge is -2.32. The SMILES string of the molecule is CC1(C)OB(C2=CCN(Cc3ccc(F)c(F)c3)CC2)OC1(C)C. The topological polar surface area (TPSA) is 21.7 Å². The van der Waals surface area contributed by atoms with Crippen LogP contribution in [-0.4, -0.2) is 36.3 Å². The zero-order chi connectivity index (χ0) is 17.5. The maximum absolute atomic E-state index is 13.3. The lowest BCUT2D eigenvalue weighted by Crippen LogP contribution is -2.41. The molecule has 2 aliphatic rings. The lowest BCUT2D eigenvalue weighted by atomic mass is 9.74. The average molecular weight is 335 g/mol. The molecule has 0 unspecified atom stereocenters. The first kappa shape index (κ1) is 17.6. The number of rotatable bonds is 3. The van der Waals surface area contributed by atoms with Gasteiger partial charge in [0.15, 0.2) is 11.6 Å². The predicted molar refractivity (Wildman–Crippen MR) is 90.4 cm³/mol. The lowest BCUT2D eigenvalue weighted by molar-refractivity contribution is 0.00578. The summed E-state index contributed by atoms with van der Waals surface area (Å²) < 4.78 is 38.5. The monoisotopic (exact) mass is 335 g/mol. The van der Waals surface area contributed by atoms with E-state index in [0.29, 0.717) is 6.54 Å².